The molecule has 1 aromatic heterocycles. The van der Waals surface area contributed by atoms with E-state index in [0.29, 0.717) is 0 Å². The molecule has 7 heteroatoms. The van der Waals surface area contributed by atoms with Crippen molar-refractivity contribution in [2.24, 2.45) is 0 Å². The summed E-state index contributed by atoms with van der Waals surface area (Å²) in [5.41, 5.74) is 1.25. The Morgan fingerprint density at radius 2 is 1.59 bits per heavy atom. The van der Waals surface area contributed by atoms with Crippen LogP contribution in [0.1, 0.15) is 21.9 Å². The fraction of sp³-hybridized carbons (Fsp3) is 0.450. The van der Waals surface area contributed by atoms with Gasteiger partial charge in [0.2, 0.25) is 5.76 Å². The number of nitrogens with one attached hydrogen (secondary N) is 2. The summed E-state index contributed by atoms with van der Waals surface area (Å²) in [6.45, 7) is 6.08. The Bertz CT molecular complexity index is 765. The number of hydrogen-bond donors (Lipinski definition) is 2. The Labute approximate surface area is 159 Å². The molecule has 27 heavy (non-hydrogen) atoms. The molecule has 1 saturated heterocycles. The number of furan rings is 1. The van der Waals surface area contributed by atoms with Gasteiger partial charge >= 0.3 is 5.97 Å². The van der Waals surface area contributed by atoms with Crippen LogP contribution in [0.15, 0.2) is 34.7 Å². The van der Waals surface area contributed by atoms with Crippen LogP contribution in [0.3, 0.4) is 0 Å². The zero-order valence-electron chi connectivity index (χ0n) is 16.2. The first-order chi connectivity index (χ1) is 13.1. The van der Waals surface area contributed by atoms with Crippen molar-refractivity contribution in [3.05, 3.63) is 47.4 Å². The van der Waals surface area contributed by atoms with Gasteiger partial charge in [0.1, 0.15) is 39.3 Å². The highest BCUT2D eigenvalue weighted by molar-refractivity contribution is 5.86. The molecule has 0 amide bonds. The molecule has 0 radical (unpaired) electrons. The highest BCUT2D eigenvalue weighted by Gasteiger charge is 2.25. The quantitative estimate of drug-likeness (QED) is 0.642. The second kappa shape index (κ2) is 8.92. The Kier molecular flexibility index (Phi) is 6.36. The van der Waals surface area contributed by atoms with Crippen LogP contribution in [0.2, 0.25) is 0 Å². The van der Waals surface area contributed by atoms with Gasteiger partial charge in [-0.15, -0.1) is 0 Å². The molecule has 7 nitrogen and oxygen atoms in total. The van der Waals surface area contributed by atoms with Gasteiger partial charge in [0.15, 0.2) is 17.3 Å². The molecule has 0 aliphatic carbocycles. The number of esters is 1. The molecule has 0 atom stereocenters. The van der Waals surface area contributed by atoms with Crippen molar-refractivity contribution in [1.82, 2.24) is 0 Å². The maximum atomic E-state index is 11.5. The van der Waals surface area contributed by atoms with Crippen molar-refractivity contribution < 1.29 is 33.2 Å². The summed E-state index contributed by atoms with van der Waals surface area (Å²) < 4.78 is 21.0. The highest BCUT2D eigenvalue weighted by Crippen LogP contribution is 2.27. The van der Waals surface area contributed by atoms with Gasteiger partial charge in [-0.1, -0.05) is 0 Å². The molecule has 1 aliphatic heterocycles. The third-order valence-electron chi connectivity index (χ3n) is 5.04. The van der Waals surface area contributed by atoms with Gasteiger partial charge in [-0.3, -0.25) is 0 Å². The van der Waals surface area contributed by atoms with Crippen molar-refractivity contribution in [2.45, 2.75) is 13.1 Å². The van der Waals surface area contributed by atoms with Crippen LogP contribution in [0.25, 0.3) is 0 Å². The number of quaternary nitrogens is 2. The minimum atomic E-state index is -0.430. The van der Waals surface area contributed by atoms with E-state index in [4.69, 9.17) is 13.9 Å². The zero-order chi connectivity index (χ0) is 19.2. The summed E-state index contributed by atoms with van der Waals surface area (Å²) in [5.74, 6) is 2.20. The third-order valence-corrected chi connectivity index (χ3v) is 5.04. The number of hydrogen-bond acceptors (Lipinski definition) is 5. The Balaban J connectivity index is 1.50. The monoisotopic (exact) mass is 376 g/mol. The maximum absolute atomic E-state index is 11.5. The Morgan fingerprint density at radius 3 is 2.22 bits per heavy atom. The molecular formula is C20H28N2O5+2. The lowest BCUT2D eigenvalue weighted by molar-refractivity contribution is -1.02. The van der Waals surface area contributed by atoms with E-state index in [1.807, 2.05) is 12.1 Å². The van der Waals surface area contributed by atoms with E-state index in [0.717, 1.165) is 56.5 Å². The molecule has 2 heterocycles. The molecule has 1 aromatic carbocycles. The molecule has 3 rings (SSSR count). The molecule has 0 bridgehead atoms. The number of carbonyl (C=O) groups is 1. The topological polar surface area (TPSA) is 66.8 Å². The molecule has 2 N–H and O–H groups in total. The summed E-state index contributed by atoms with van der Waals surface area (Å²) in [6.07, 6.45) is 0. The average Bonchev–Trinajstić information content (AvgIpc) is 3.17. The van der Waals surface area contributed by atoms with Crippen LogP contribution in [0.4, 0.5) is 0 Å². The lowest BCUT2D eigenvalue weighted by atomic mass is 10.1. The molecular weight excluding hydrogens is 348 g/mol. The van der Waals surface area contributed by atoms with Crippen molar-refractivity contribution in [2.75, 3.05) is 47.5 Å². The summed E-state index contributed by atoms with van der Waals surface area (Å²) in [7, 11) is 4.67. The van der Waals surface area contributed by atoms with Gasteiger partial charge in [-0.2, -0.15) is 0 Å². The van der Waals surface area contributed by atoms with Crippen molar-refractivity contribution >= 4 is 5.97 Å². The minimum Gasteiger partial charge on any atom is -0.493 e. The Morgan fingerprint density at radius 1 is 0.926 bits per heavy atom. The predicted molar refractivity (Wildman–Crippen MR) is 98.4 cm³/mol. The van der Waals surface area contributed by atoms with Crippen molar-refractivity contribution in [1.29, 1.82) is 0 Å². The van der Waals surface area contributed by atoms with Crippen LogP contribution in [0, 0.1) is 0 Å². The normalized spacial score (nSPS) is 19.5. The molecule has 1 fully saturated rings. The number of carbonyl (C=O) groups excluding carboxylic acids is 1. The van der Waals surface area contributed by atoms with Gasteiger partial charge in [-0.25, -0.2) is 4.79 Å². The number of rotatable bonds is 7. The molecule has 0 spiro atoms. The molecule has 0 saturated carbocycles. The molecule has 1 aliphatic rings. The molecule has 2 aromatic rings. The summed E-state index contributed by atoms with van der Waals surface area (Å²) in [6, 6.07) is 9.67. The zero-order valence-corrected chi connectivity index (χ0v) is 16.2. The van der Waals surface area contributed by atoms with Crippen LogP contribution >= 0.6 is 0 Å². The Hall–Kier alpha value is -2.51. The first kappa shape index (κ1) is 19.3. The highest BCUT2D eigenvalue weighted by atomic mass is 16.5. The third kappa shape index (κ3) is 4.81. The SMILES string of the molecule is COC(=O)c1ccc(C[NH+]2CC[NH+](Cc3ccc(OC)c(OC)c3)CC2)o1. The fourth-order valence-corrected chi connectivity index (χ4v) is 3.52. The van der Waals surface area contributed by atoms with Crippen LogP contribution in [0.5, 0.6) is 11.5 Å². The smallest absolute Gasteiger partial charge is 0.373 e. The van der Waals surface area contributed by atoms with Crippen molar-refractivity contribution in [3.63, 3.8) is 0 Å². The van der Waals surface area contributed by atoms with E-state index >= 15 is 0 Å². The first-order valence-corrected chi connectivity index (χ1v) is 9.18. The van der Waals surface area contributed by atoms with E-state index in [2.05, 4.69) is 16.9 Å². The summed E-state index contributed by atoms with van der Waals surface area (Å²) in [4.78, 5) is 14.5. The second-order valence-electron chi connectivity index (χ2n) is 6.80. The van der Waals surface area contributed by atoms with Gasteiger partial charge < -0.3 is 28.4 Å². The van der Waals surface area contributed by atoms with Gasteiger partial charge in [0.25, 0.3) is 0 Å². The van der Waals surface area contributed by atoms with Gasteiger partial charge in [0, 0.05) is 5.56 Å². The van der Waals surface area contributed by atoms with E-state index in [1.165, 1.54) is 17.6 Å². The van der Waals surface area contributed by atoms with Gasteiger partial charge in [0.05, 0.1) is 21.3 Å². The number of benzene rings is 1. The lowest BCUT2D eigenvalue weighted by Gasteiger charge is -2.29. The van der Waals surface area contributed by atoms with E-state index in [1.54, 1.807) is 25.2 Å². The van der Waals surface area contributed by atoms with E-state index in [9.17, 15) is 4.79 Å². The van der Waals surface area contributed by atoms with Crippen molar-refractivity contribution in [3.8, 4) is 11.5 Å². The minimum absolute atomic E-state index is 0.268. The second-order valence-corrected chi connectivity index (χ2v) is 6.80. The van der Waals surface area contributed by atoms with Crippen LogP contribution < -0.4 is 19.3 Å². The van der Waals surface area contributed by atoms with Crippen LogP contribution in [-0.2, 0) is 17.8 Å². The molecule has 146 valence electrons. The van der Waals surface area contributed by atoms with Gasteiger partial charge in [-0.05, 0) is 30.3 Å². The van der Waals surface area contributed by atoms with E-state index < -0.39 is 5.97 Å². The first-order valence-electron chi connectivity index (χ1n) is 9.18. The largest absolute Gasteiger partial charge is 0.493 e. The predicted octanol–water partition coefficient (Wildman–Crippen LogP) is -0.433. The summed E-state index contributed by atoms with van der Waals surface area (Å²) in [5, 5.41) is 0. The lowest BCUT2D eigenvalue weighted by Crippen LogP contribution is -3.27. The number of ether oxygens (including phenoxy) is 3. The maximum Gasteiger partial charge on any atom is 0.373 e. The summed E-state index contributed by atoms with van der Waals surface area (Å²) >= 11 is 0. The van der Waals surface area contributed by atoms with Crippen LogP contribution in [-0.4, -0.2) is 53.5 Å². The number of methoxy groups -OCH3 is 3. The average molecular weight is 376 g/mol. The molecule has 0 unspecified atom stereocenters. The van der Waals surface area contributed by atoms with E-state index in [-0.39, 0.29) is 5.76 Å². The number of piperazine rings is 1. The standard InChI is InChI=1S/C20H26N2O5/c1-24-17-6-4-15(12-19(17)25-2)13-21-8-10-22(11-9-21)14-16-5-7-18(27-16)20(23)26-3/h4-7,12H,8-11,13-14H2,1-3H3/p+2. The fourth-order valence-electron chi connectivity index (χ4n) is 3.52.